The zero-order chi connectivity index (χ0) is 9.97. The number of hydrogen-bond acceptors (Lipinski definition) is 4. The molecule has 0 radical (unpaired) electrons. The third-order valence-corrected chi connectivity index (χ3v) is 2.71. The molecule has 0 aliphatic rings. The van der Waals surface area contributed by atoms with Crippen molar-refractivity contribution in [3.63, 3.8) is 0 Å². The van der Waals surface area contributed by atoms with E-state index in [1.165, 1.54) is 10.6 Å². The molecule has 2 aromatic heterocycles. The van der Waals surface area contributed by atoms with Gasteiger partial charge in [0, 0.05) is 23.8 Å². The third-order valence-electron chi connectivity index (χ3n) is 1.73. The number of aromatic nitrogens is 3. The van der Waals surface area contributed by atoms with Crippen LogP contribution in [0.5, 0.6) is 0 Å². The normalized spacial score (nSPS) is 10.4. The zero-order valence-electron chi connectivity index (χ0n) is 7.05. The largest absolute Gasteiger partial charge is 0.309 e. The van der Waals surface area contributed by atoms with E-state index >= 15 is 0 Å². The molecule has 0 fully saturated rings. The highest BCUT2D eigenvalue weighted by atomic mass is 35.5. The van der Waals surface area contributed by atoms with Crippen molar-refractivity contribution < 1.29 is 0 Å². The van der Waals surface area contributed by atoms with E-state index in [9.17, 15) is 4.79 Å². The summed E-state index contributed by atoms with van der Waals surface area (Å²) in [5, 5.41) is 3.83. The summed E-state index contributed by atoms with van der Waals surface area (Å²) in [6, 6.07) is 4.97. The van der Waals surface area contributed by atoms with E-state index in [4.69, 9.17) is 11.6 Å². The second kappa shape index (κ2) is 3.89. The van der Waals surface area contributed by atoms with E-state index in [1.807, 2.05) is 0 Å². The van der Waals surface area contributed by atoms with Gasteiger partial charge in [0.05, 0.1) is 6.54 Å². The second-order valence-corrected chi connectivity index (χ2v) is 4.02. The van der Waals surface area contributed by atoms with Crippen molar-refractivity contribution >= 4 is 23.1 Å². The van der Waals surface area contributed by atoms with Gasteiger partial charge in [-0.3, -0.25) is 4.79 Å². The Morgan fingerprint density at radius 1 is 1.50 bits per heavy atom. The molecule has 6 heteroatoms. The van der Waals surface area contributed by atoms with Gasteiger partial charge >= 0.3 is 0 Å². The molecule has 14 heavy (non-hydrogen) atoms. The minimum Gasteiger partial charge on any atom is -0.309 e. The summed E-state index contributed by atoms with van der Waals surface area (Å²) in [7, 11) is 0. The molecule has 0 amide bonds. The van der Waals surface area contributed by atoms with Crippen LogP contribution in [-0.4, -0.2) is 14.2 Å². The molecule has 0 unspecified atom stereocenters. The van der Waals surface area contributed by atoms with Crippen LogP contribution in [-0.2, 0) is 6.54 Å². The molecule has 2 rings (SSSR count). The van der Waals surface area contributed by atoms with Crippen LogP contribution in [0.3, 0.4) is 0 Å². The van der Waals surface area contributed by atoms with Crippen LogP contribution < -0.4 is 5.56 Å². The van der Waals surface area contributed by atoms with Gasteiger partial charge in [0.1, 0.15) is 10.0 Å². The highest BCUT2D eigenvalue weighted by molar-refractivity contribution is 7.10. The molecule has 0 saturated carbocycles. The average Bonchev–Trinajstić information content (AvgIpc) is 2.56. The van der Waals surface area contributed by atoms with Crippen LogP contribution in [0.25, 0.3) is 0 Å². The number of nitrogens with zero attached hydrogens (tertiary/aromatic N) is 3. The average molecular weight is 228 g/mol. The molecule has 0 saturated heterocycles. The molecular weight excluding hydrogens is 222 g/mol. The lowest BCUT2D eigenvalue weighted by Crippen LogP contribution is -2.18. The fourth-order valence-electron chi connectivity index (χ4n) is 1.04. The third kappa shape index (κ3) is 1.83. The lowest BCUT2D eigenvalue weighted by molar-refractivity contribution is 0.736. The lowest BCUT2D eigenvalue weighted by Gasteiger charge is -2.00. The van der Waals surface area contributed by atoms with E-state index in [2.05, 4.69) is 9.59 Å². The highest BCUT2D eigenvalue weighted by Crippen LogP contribution is 2.17. The first kappa shape index (κ1) is 9.36. The van der Waals surface area contributed by atoms with Crippen molar-refractivity contribution in [2.24, 2.45) is 0 Å². The van der Waals surface area contributed by atoms with Gasteiger partial charge in [-0.1, -0.05) is 22.2 Å². The van der Waals surface area contributed by atoms with E-state index < -0.39 is 0 Å². The molecule has 4 nitrogen and oxygen atoms in total. The summed E-state index contributed by atoms with van der Waals surface area (Å²) in [5.74, 6) is 0. The van der Waals surface area contributed by atoms with Crippen molar-refractivity contribution in [1.29, 1.82) is 0 Å². The van der Waals surface area contributed by atoms with Gasteiger partial charge in [0.25, 0.3) is 5.56 Å². The topological polar surface area (TPSA) is 47.8 Å². The van der Waals surface area contributed by atoms with Crippen LogP contribution in [0, 0.1) is 0 Å². The Morgan fingerprint density at radius 3 is 3.00 bits per heavy atom. The Kier molecular flexibility index (Phi) is 2.60. The second-order valence-electron chi connectivity index (χ2n) is 2.66. The predicted octanol–water partition coefficient (Wildman–Crippen LogP) is 1.40. The van der Waals surface area contributed by atoms with Gasteiger partial charge in [-0.05, 0) is 6.07 Å². The van der Waals surface area contributed by atoms with Crippen LogP contribution in [0.2, 0.25) is 4.34 Å². The van der Waals surface area contributed by atoms with Gasteiger partial charge in [-0.15, -0.1) is 5.10 Å². The summed E-state index contributed by atoms with van der Waals surface area (Å²) >= 11 is 6.94. The van der Waals surface area contributed by atoms with Crippen molar-refractivity contribution in [2.75, 3.05) is 0 Å². The van der Waals surface area contributed by atoms with E-state index in [1.54, 1.807) is 18.3 Å². The molecule has 2 aromatic rings. The Bertz CT molecular complexity index is 493. The summed E-state index contributed by atoms with van der Waals surface area (Å²) in [4.78, 5) is 11.3. The first-order chi connectivity index (χ1) is 6.77. The van der Waals surface area contributed by atoms with E-state index in [0.29, 0.717) is 16.6 Å². The molecule has 0 spiro atoms. The van der Waals surface area contributed by atoms with E-state index in [0.717, 1.165) is 11.5 Å². The van der Waals surface area contributed by atoms with Crippen molar-refractivity contribution in [2.45, 2.75) is 6.54 Å². The zero-order valence-corrected chi connectivity index (χ0v) is 8.63. The minimum atomic E-state index is -0.0726. The smallest absolute Gasteiger partial charge is 0.250 e. The maximum Gasteiger partial charge on any atom is 0.250 e. The van der Waals surface area contributed by atoms with Crippen molar-refractivity contribution in [3.8, 4) is 0 Å². The Hall–Kier alpha value is -1.20. The first-order valence-electron chi connectivity index (χ1n) is 3.89. The van der Waals surface area contributed by atoms with Gasteiger partial charge in [-0.2, -0.15) is 0 Å². The molecule has 0 N–H and O–H groups in total. The molecule has 0 aliphatic carbocycles. The minimum absolute atomic E-state index is 0.0726. The van der Waals surface area contributed by atoms with Crippen LogP contribution >= 0.6 is 23.1 Å². The van der Waals surface area contributed by atoms with Crippen LogP contribution in [0.4, 0.5) is 0 Å². The fourth-order valence-corrected chi connectivity index (χ4v) is 1.66. The molecule has 72 valence electrons. The SMILES string of the molecule is O=c1ccccn1Cc1nnsc1Cl. The Labute approximate surface area is 88.9 Å². The van der Waals surface area contributed by atoms with Crippen LogP contribution in [0.1, 0.15) is 5.69 Å². The molecule has 0 aromatic carbocycles. The summed E-state index contributed by atoms with van der Waals surface area (Å²) in [5.41, 5.74) is 0.557. The van der Waals surface area contributed by atoms with Crippen molar-refractivity contribution in [3.05, 3.63) is 44.8 Å². The summed E-state index contributed by atoms with van der Waals surface area (Å²) in [6.45, 7) is 0.370. The van der Waals surface area contributed by atoms with Gasteiger partial charge < -0.3 is 4.57 Å². The standard InChI is InChI=1S/C8H6ClN3OS/c9-8-6(10-11-14-8)5-12-4-2-1-3-7(12)13/h1-4H,5H2. The number of rotatable bonds is 2. The highest BCUT2D eigenvalue weighted by Gasteiger charge is 2.05. The Morgan fingerprint density at radius 2 is 2.36 bits per heavy atom. The van der Waals surface area contributed by atoms with Crippen molar-refractivity contribution in [1.82, 2.24) is 14.2 Å². The maximum atomic E-state index is 11.3. The quantitative estimate of drug-likeness (QED) is 0.779. The summed E-state index contributed by atoms with van der Waals surface area (Å²) < 4.78 is 5.75. The number of halogens is 1. The number of pyridine rings is 1. The molecule has 2 heterocycles. The molecule has 0 atom stereocenters. The van der Waals surface area contributed by atoms with Gasteiger partial charge in [0.15, 0.2) is 0 Å². The lowest BCUT2D eigenvalue weighted by atomic mass is 10.4. The van der Waals surface area contributed by atoms with Gasteiger partial charge in [-0.25, -0.2) is 0 Å². The molecule has 0 aliphatic heterocycles. The fraction of sp³-hybridized carbons (Fsp3) is 0.125. The van der Waals surface area contributed by atoms with Crippen LogP contribution in [0.15, 0.2) is 29.2 Å². The predicted molar refractivity (Wildman–Crippen MR) is 54.7 cm³/mol. The molecular formula is C8H6ClN3OS. The molecule has 0 bridgehead atoms. The van der Waals surface area contributed by atoms with Gasteiger partial charge in [0.2, 0.25) is 0 Å². The number of hydrogen-bond donors (Lipinski definition) is 0. The maximum absolute atomic E-state index is 11.3. The van der Waals surface area contributed by atoms with E-state index in [-0.39, 0.29) is 5.56 Å². The first-order valence-corrected chi connectivity index (χ1v) is 5.05. The summed E-state index contributed by atoms with van der Waals surface area (Å²) in [6.07, 6.45) is 1.69. The Balaban J connectivity index is 2.32. The monoisotopic (exact) mass is 227 g/mol.